The molecule has 3 N–H and O–H groups in total. The Labute approximate surface area is 113 Å². The van der Waals surface area contributed by atoms with Crippen LogP contribution in [0.1, 0.15) is 24.5 Å². The van der Waals surface area contributed by atoms with Crippen molar-refractivity contribution >= 4 is 11.8 Å². The third-order valence-corrected chi connectivity index (χ3v) is 3.15. The van der Waals surface area contributed by atoms with Crippen LogP contribution in [0, 0.1) is 0 Å². The molecule has 1 unspecified atom stereocenters. The first-order valence-corrected chi connectivity index (χ1v) is 6.91. The van der Waals surface area contributed by atoms with E-state index in [0.717, 1.165) is 0 Å². The Balaban J connectivity index is 2.94. The van der Waals surface area contributed by atoms with Crippen LogP contribution in [0.4, 0.5) is 13.2 Å². The fraction of sp³-hybridized carbons (Fsp3) is 0.500. The molecule has 0 spiro atoms. The second-order valence-electron chi connectivity index (χ2n) is 3.94. The number of rotatable bonds is 6. The lowest BCUT2D eigenvalue weighted by Gasteiger charge is -2.15. The molecule has 1 rings (SSSR count). The van der Waals surface area contributed by atoms with Crippen molar-refractivity contribution in [3.05, 3.63) is 23.8 Å². The number of nitrogens with two attached hydrogens (primary N) is 1. The molecule has 0 amide bonds. The topological polar surface area (TPSA) is 55.5 Å². The van der Waals surface area contributed by atoms with E-state index in [0.29, 0.717) is 29.8 Å². The van der Waals surface area contributed by atoms with E-state index in [4.69, 9.17) is 5.73 Å². The van der Waals surface area contributed by atoms with Gasteiger partial charge in [0.2, 0.25) is 0 Å². The molecule has 0 bridgehead atoms. The summed E-state index contributed by atoms with van der Waals surface area (Å²) in [4.78, 5) is 0.601. The summed E-state index contributed by atoms with van der Waals surface area (Å²) in [5.74, 6) is -0.318. The first-order chi connectivity index (χ1) is 8.85. The molecule has 3 nitrogen and oxygen atoms in total. The summed E-state index contributed by atoms with van der Waals surface area (Å²) in [6.07, 6.45) is -2.84. The van der Waals surface area contributed by atoms with E-state index < -0.39 is 12.5 Å². The largest absolute Gasteiger partial charge is 0.573 e. The van der Waals surface area contributed by atoms with E-state index in [-0.39, 0.29) is 5.75 Å². The van der Waals surface area contributed by atoms with Crippen molar-refractivity contribution in [2.45, 2.75) is 30.2 Å². The molecule has 0 radical (unpaired) electrons. The zero-order chi connectivity index (χ0) is 14.5. The molecular weight excluding hydrogens is 279 g/mol. The maximum Gasteiger partial charge on any atom is 0.573 e. The van der Waals surface area contributed by atoms with E-state index in [1.807, 2.05) is 0 Å². The predicted octanol–water partition coefficient (Wildman–Crippen LogP) is 3.08. The molecule has 108 valence electrons. The number of aliphatic hydroxyl groups excluding tert-OH is 1. The minimum Gasteiger partial charge on any atom is -0.406 e. The lowest BCUT2D eigenvalue weighted by atomic mass is 10.0. The normalized spacial score (nSPS) is 13.4. The fourth-order valence-electron chi connectivity index (χ4n) is 1.57. The van der Waals surface area contributed by atoms with Gasteiger partial charge in [0.25, 0.3) is 0 Å². The Kier molecular flexibility index (Phi) is 5.96. The molecule has 0 aliphatic rings. The maximum atomic E-state index is 12.2. The lowest BCUT2D eigenvalue weighted by Crippen LogP contribution is -2.17. The van der Waals surface area contributed by atoms with Gasteiger partial charge < -0.3 is 15.6 Å². The minimum atomic E-state index is -4.74. The van der Waals surface area contributed by atoms with Gasteiger partial charge in [0.1, 0.15) is 5.75 Å². The Morgan fingerprint density at radius 3 is 2.58 bits per heavy atom. The number of hydrogen-bond donors (Lipinski definition) is 2. The maximum absolute atomic E-state index is 12.2. The molecule has 19 heavy (non-hydrogen) atoms. The number of benzene rings is 1. The van der Waals surface area contributed by atoms with Crippen LogP contribution in [-0.2, 0) is 0 Å². The highest BCUT2D eigenvalue weighted by Crippen LogP contribution is 2.31. The van der Waals surface area contributed by atoms with Crippen molar-refractivity contribution in [1.82, 2.24) is 0 Å². The van der Waals surface area contributed by atoms with E-state index in [9.17, 15) is 18.3 Å². The van der Waals surface area contributed by atoms with E-state index >= 15 is 0 Å². The molecule has 7 heteroatoms. The molecule has 0 saturated carbocycles. The molecule has 1 aromatic rings. The monoisotopic (exact) mass is 295 g/mol. The van der Waals surface area contributed by atoms with Gasteiger partial charge in [-0.15, -0.1) is 24.9 Å². The van der Waals surface area contributed by atoms with Crippen molar-refractivity contribution < 1.29 is 23.0 Å². The van der Waals surface area contributed by atoms with Gasteiger partial charge in [-0.25, -0.2) is 0 Å². The van der Waals surface area contributed by atoms with Crippen molar-refractivity contribution in [2.75, 3.05) is 12.8 Å². The summed E-state index contributed by atoms with van der Waals surface area (Å²) in [5.41, 5.74) is 5.74. The van der Waals surface area contributed by atoms with Gasteiger partial charge in [0.15, 0.2) is 0 Å². The Bertz CT molecular complexity index is 412. The first-order valence-electron chi connectivity index (χ1n) is 5.68. The second-order valence-corrected chi connectivity index (χ2v) is 4.82. The zero-order valence-corrected chi connectivity index (χ0v) is 11.2. The minimum absolute atomic E-state index is 0.318. The molecule has 0 heterocycles. The van der Waals surface area contributed by atoms with Crippen LogP contribution in [0.2, 0.25) is 0 Å². The van der Waals surface area contributed by atoms with E-state index in [2.05, 4.69) is 4.74 Å². The summed E-state index contributed by atoms with van der Waals surface area (Å²) in [6, 6.07) is 4.14. The van der Waals surface area contributed by atoms with E-state index in [1.165, 1.54) is 23.9 Å². The van der Waals surface area contributed by atoms with Gasteiger partial charge in [-0.3, -0.25) is 0 Å². The van der Waals surface area contributed by atoms with Crippen LogP contribution in [0.5, 0.6) is 5.75 Å². The summed E-state index contributed by atoms with van der Waals surface area (Å²) in [6.45, 7) is 0.422. The first kappa shape index (κ1) is 16.1. The quantitative estimate of drug-likeness (QED) is 0.792. The predicted molar refractivity (Wildman–Crippen MR) is 68.2 cm³/mol. The third kappa shape index (κ3) is 5.71. The highest BCUT2D eigenvalue weighted by molar-refractivity contribution is 7.98. The van der Waals surface area contributed by atoms with Gasteiger partial charge in [-0.1, -0.05) is 0 Å². The molecule has 1 atom stereocenters. The smallest absolute Gasteiger partial charge is 0.406 e. The average Bonchev–Trinajstić information content (AvgIpc) is 2.33. The van der Waals surface area contributed by atoms with Crippen LogP contribution >= 0.6 is 11.8 Å². The highest BCUT2D eigenvalue weighted by atomic mass is 32.2. The number of hydrogen-bond acceptors (Lipinski definition) is 4. The zero-order valence-electron chi connectivity index (χ0n) is 10.4. The molecule has 0 aromatic heterocycles. The molecule has 0 aliphatic heterocycles. The summed E-state index contributed by atoms with van der Waals surface area (Å²) >= 11 is 1.28. The average molecular weight is 295 g/mol. The number of thioether (sulfide) groups is 1. The fourth-order valence-corrected chi connectivity index (χ4v) is 2.06. The van der Waals surface area contributed by atoms with Crippen molar-refractivity contribution in [3.8, 4) is 5.75 Å². The SMILES string of the molecule is CSc1cc(OC(F)(F)F)cc(C(O)CCCN)c1. The number of halogens is 3. The van der Waals surface area contributed by atoms with Gasteiger partial charge >= 0.3 is 6.36 Å². The van der Waals surface area contributed by atoms with Crippen LogP contribution in [0.3, 0.4) is 0 Å². The van der Waals surface area contributed by atoms with Crippen LogP contribution in [0.25, 0.3) is 0 Å². The molecule has 0 fully saturated rings. The summed E-state index contributed by atoms with van der Waals surface area (Å²) in [7, 11) is 0. The number of alkyl halides is 3. The van der Waals surface area contributed by atoms with Crippen LogP contribution in [0.15, 0.2) is 23.1 Å². The van der Waals surface area contributed by atoms with Gasteiger partial charge in [0, 0.05) is 4.90 Å². The standard InChI is InChI=1S/C12H16F3NO2S/c1-19-10-6-8(11(17)3-2-4-16)5-9(7-10)18-12(13,14)15/h5-7,11,17H,2-4,16H2,1H3. The lowest BCUT2D eigenvalue weighted by molar-refractivity contribution is -0.274. The second kappa shape index (κ2) is 7.02. The molecular formula is C12H16F3NO2S. The third-order valence-electron chi connectivity index (χ3n) is 2.44. The van der Waals surface area contributed by atoms with Gasteiger partial charge in [-0.2, -0.15) is 0 Å². The number of ether oxygens (including phenoxy) is 1. The molecule has 0 saturated heterocycles. The summed E-state index contributed by atoms with van der Waals surface area (Å²) in [5, 5.41) is 9.89. The van der Waals surface area contributed by atoms with Crippen molar-refractivity contribution in [3.63, 3.8) is 0 Å². The Morgan fingerprint density at radius 1 is 1.37 bits per heavy atom. The summed E-state index contributed by atoms with van der Waals surface area (Å²) < 4.78 is 40.5. The van der Waals surface area contributed by atoms with Crippen molar-refractivity contribution in [2.24, 2.45) is 5.73 Å². The Morgan fingerprint density at radius 2 is 2.05 bits per heavy atom. The molecule has 0 aliphatic carbocycles. The van der Waals surface area contributed by atoms with Gasteiger partial charge in [-0.05, 0) is 49.4 Å². The van der Waals surface area contributed by atoms with Gasteiger partial charge in [0.05, 0.1) is 6.10 Å². The van der Waals surface area contributed by atoms with E-state index in [1.54, 1.807) is 12.3 Å². The number of aliphatic hydroxyl groups is 1. The molecule has 1 aromatic carbocycles. The van der Waals surface area contributed by atoms with Crippen LogP contribution in [-0.4, -0.2) is 24.3 Å². The Hall–Kier alpha value is -0.920. The van der Waals surface area contributed by atoms with Crippen LogP contribution < -0.4 is 10.5 Å². The van der Waals surface area contributed by atoms with Crippen molar-refractivity contribution in [1.29, 1.82) is 0 Å². The highest BCUT2D eigenvalue weighted by Gasteiger charge is 2.31.